The van der Waals surface area contributed by atoms with E-state index in [1.807, 2.05) is 13.8 Å². The number of nitrogens with zero attached hydrogens (tertiary/aromatic N) is 3. The average Bonchev–Trinajstić information content (AvgIpc) is 2.68. The van der Waals surface area contributed by atoms with Crippen molar-refractivity contribution in [1.82, 2.24) is 9.78 Å². The van der Waals surface area contributed by atoms with E-state index in [0.717, 1.165) is 25.2 Å². The molecular formula is C11H17BrN4O. The van der Waals surface area contributed by atoms with E-state index in [0.29, 0.717) is 4.47 Å². The number of rotatable bonds is 2. The van der Waals surface area contributed by atoms with Gasteiger partial charge in [0.25, 0.3) is 5.56 Å². The molecule has 1 aliphatic heterocycles. The van der Waals surface area contributed by atoms with Gasteiger partial charge in [-0.1, -0.05) is 0 Å². The standard InChI is InChI=1S/C11H17BrN4O/c1-7(2)16-11(17)10(12)9(5-14-16)15-4-3-8(13)6-15/h5,7-8H,3-4,6,13H2,1-2H3. The molecule has 0 amide bonds. The molecule has 6 heteroatoms. The summed E-state index contributed by atoms with van der Waals surface area (Å²) in [6.07, 6.45) is 2.70. The minimum atomic E-state index is -0.0852. The van der Waals surface area contributed by atoms with Crippen molar-refractivity contribution < 1.29 is 0 Å². The van der Waals surface area contributed by atoms with Gasteiger partial charge in [0.2, 0.25) is 0 Å². The van der Waals surface area contributed by atoms with Crippen LogP contribution in [0.5, 0.6) is 0 Å². The fourth-order valence-electron chi connectivity index (χ4n) is 2.03. The van der Waals surface area contributed by atoms with Crippen molar-refractivity contribution in [3.63, 3.8) is 0 Å². The van der Waals surface area contributed by atoms with Gasteiger partial charge in [0, 0.05) is 19.1 Å². The highest BCUT2D eigenvalue weighted by atomic mass is 79.9. The molecule has 2 rings (SSSR count). The van der Waals surface area contributed by atoms with Crippen molar-refractivity contribution in [3.05, 3.63) is 21.0 Å². The second-order valence-corrected chi connectivity index (χ2v) is 5.48. The molecule has 17 heavy (non-hydrogen) atoms. The van der Waals surface area contributed by atoms with Gasteiger partial charge in [-0.2, -0.15) is 5.10 Å². The Kier molecular flexibility index (Phi) is 3.53. The molecule has 0 radical (unpaired) electrons. The predicted octanol–water partition coefficient (Wildman–Crippen LogP) is 1.12. The molecule has 0 aliphatic carbocycles. The van der Waals surface area contributed by atoms with Crippen molar-refractivity contribution in [2.24, 2.45) is 5.73 Å². The summed E-state index contributed by atoms with van der Waals surface area (Å²) in [7, 11) is 0. The number of anilines is 1. The van der Waals surface area contributed by atoms with Gasteiger partial charge in [-0.05, 0) is 36.2 Å². The summed E-state index contributed by atoms with van der Waals surface area (Å²) >= 11 is 3.37. The lowest BCUT2D eigenvalue weighted by Crippen LogP contribution is -2.31. The quantitative estimate of drug-likeness (QED) is 0.889. The van der Waals surface area contributed by atoms with E-state index < -0.39 is 0 Å². The number of aromatic nitrogens is 2. The first-order valence-electron chi connectivity index (χ1n) is 5.78. The Balaban J connectivity index is 2.38. The van der Waals surface area contributed by atoms with Gasteiger partial charge in [0.15, 0.2) is 0 Å². The van der Waals surface area contributed by atoms with Gasteiger partial charge in [-0.15, -0.1) is 0 Å². The fraction of sp³-hybridized carbons (Fsp3) is 0.636. The van der Waals surface area contributed by atoms with Crippen LogP contribution >= 0.6 is 15.9 Å². The van der Waals surface area contributed by atoms with Gasteiger partial charge in [-0.25, -0.2) is 4.68 Å². The van der Waals surface area contributed by atoms with Crippen LogP contribution in [0.15, 0.2) is 15.5 Å². The van der Waals surface area contributed by atoms with Crippen molar-refractivity contribution in [1.29, 1.82) is 0 Å². The molecule has 5 nitrogen and oxygen atoms in total. The van der Waals surface area contributed by atoms with Gasteiger partial charge in [-0.3, -0.25) is 4.79 Å². The van der Waals surface area contributed by atoms with Crippen molar-refractivity contribution in [2.75, 3.05) is 18.0 Å². The lowest BCUT2D eigenvalue weighted by molar-refractivity contribution is 0.500. The number of nitrogens with two attached hydrogens (primary N) is 1. The van der Waals surface area contributed by atoms with E-state index in [-0.39, 0.29) is 17.6 Å². The molecule has 2 heterocycles. The molecule has 0 saturated carbocycles. The molecule has 1 atom stereocenters. The molecule has 94 valence electrons. The lowest BCUT2D eigenvalue weighted by Gasteiger charge is -2.20. The minimum Gasteiger partial charge on any atom is -0.368 e. The monoisotopic (exact) mass is 300 g/mol. The smallest absolute Gasteiger partial charge is 0.283 e. The van der Waals surface area contributed by atoms with Crippen LogP contribution in [0.3, 0.4) is 0 Å². The third-order valence-corrected chi connectivity index (χ3v) is 3.73. The zero-order chi connectivity index (χ0) is 12.6. The molecule has 0 aromatic carbocycles. The number of hydrogen-bond donors (Lipinski definition) is 1. The molecule has 1 fully saturated rings. The van der Waals surface area contributed by atoms with E-state index in [1.54, 1.807) is 6.20 Å². The molecule has 1 aliphatic rings. The topological polar surface area (TPSA) is 64.2 Å². The van der Waals surface area contributed by atoms with Crippen LogP contribution in [-0.4, -0.2) is 28.9 Å². The van der Waals surface area contributed by atoms with Crippen LogP contribution in [0.1, 0.15) is 26.3 Å². The second-order valence-electron chi connectivity index (χ2n) is 4.68. The van der Waals surface area contributed by atoms with Crippen LogP contribution in [0.25, 0.3) is 0 Å². The fourth-order valence-corrected chi connectivity index (χ4v) is 2.57. The van der Waals surface area contributed by atoms with Crippen molar-refractivity contribution in [3.8, 4) is 0 Å². The normalized spacial score (nSPS) is 20.3. The van der Waals surface area contributed by atoms with Gasteiger partial charge >= 0.3 is 0 Å². The summed E-state index contributed by atoms with van der Waals surface area (Å²) in [5.74, 6) is 0. The van der Waals surface area contributed by atoms with Crippen LogP contribution in [0, 0.1) is 0 Å². The Labute approximate surface area is 109 Å². The number of hydrogen-bond acceptors (Lipinski definition) is 4. The predicted molar refractivity (Wildman–Crippen MR) is 71.4 cm³/mol. The summed E-state index contributed by atoms with van der Waals surface area (Å²) in [5, 5.41) is 4.20. The Hall–Kier alpha value is -0.880. The van der Waals surface area contributed by atoms with Crippen LogP contribution in [0.4, 0.5) is 5.69 Å². The molecule has 2 N–H and O–H groups in total. The summed E-state index contributed by atoms with van der Waals surface area (Å²) in [5.41, 5.74) is 6.63. The molecule has 0 spiro atoms. The Morgan fingerprint density at radius 3 is 2.82 bits per heavy atom. The highest BCUT2D eigenvalue weighted by Gasteiger charge is 2.23. The molecule has 1 aromatic heterocycles. The average molecular weight is 301 g/mol. The maximum absolute atomic E-state index is 12.1. The van der Waals surface area contributed by atoms with E-state index in [9.17, 15) is 4.79 Å². The first-order valence-corrected chi connectivity index (χ1v) is 6.58. The molecular weight excluding hydrogens is 284 g/mol. The van der Waals surface area contributed by atoms with Gasteiger partial charge in [0.1, 0.15) is 4.47 Å². The van der Waals surface area contributed by atoms with Crippen molar-refractivity contribution >= 4 is 21.6 Å². The van der Waals surface area contributed by atoms with Crippen LogP contribution < -0.4 is 16.2 Å². The molecule has 1 unspecified atom stereocenters. The summed E-state index contributed by atoms with van der Waals surface area (Å²) < 4.78 is 2.05. The molecule has 0 bridgehead atoms. The van der Waals surface area contributed by atoms with E-state index in [4.69, 9.17) is 5.73 Å². The molecule has 1 aromatic rings. The minimum absolute atomic E-state index is 0.0636. The molecule has 1 saturated heterocycles. The van der Waals surface area contributed by atoms with E-state index in [1.165, 1.54) is 4.68 Å². The zero-order valence-corrected chi connectivity index (χ0v) is 11.6. The Bertz CT molecular complexity index is 471. The maximum atomic E-state index is 12.1. The first-order chi connectivity index (χ1) is 8.00. The first kappa shape index (κ1) is 12.6. The highest BCUT2D eigenvalue weighted by molar-refractivity contribution is 9.10. The second kappa shape index (κ2) is 4.78. The SMILES string of the molecule is CC(C)n1ncc(N2CCC(N)C2)c(Br)c1=O. The Morgan fingerprint density at radius 1 is 1.59 bits per heavy atom. The maximum Gasteiger partial charge on any atom is 0.283 e. The number of halogens is 1. The third kappa shape index (κ3) is 2.37. The van der Waals surface area contributed by atoms with Gasteiger partial charge in [0.05, 0.1) is 17.9 Å². The van der Waals surface area contributed by atoms with Gasteiger partial charge < -0.3 is 10.6 Å². The summed E-state index contributed by atoms with van der Waals surface area (Å²) in [4.78, 5) is 14.2. The third-order valence-electron chi connectivity index (χ3n) is 2.98. The Morgan fingerprint density at radius 2 is 2.29 bits per heavy atom. The zero-order valence-electron chi connectivity index (χ0n) is 10.1. The summed E-state index contributed by atoms with van der Waals surface area (Å²) in [6, 6.07) is 0.253. The van der Waals surface area contributed by atoms with Crippen molar-refractivity contribution in [2.45, 2.75) is 32.4 Å². The van der Waals surface area contributed by atoms with Crippen LogP contribution in [-0.2, 0) is 0 Å². The van der Waals surface area contributed by atoms with E-state index >= 15 is 0 Å². The largest absolute Gasteiger partial charge is 0.368 e. The summed E-state index contributed by atoms with van der Waals surface area (Å²) in [6.45, 7) is 5.54. The lowest BCUT2D eigenvalue weighted by atomic mass is 10.3. The highest BCUT2D eigenvalue weighted by Crippen LogP contribution is 2.25. The van der Waals surface area contributed by atoms with Crippen LogP contribution in [0.2, 0.25) is 0 Å². The van der Waals surface area contributed by atoms with E-state index in [2.05, 4.69) is 25.9 Å².